The van der Waals surface area contributed by atoms with Crippen LogP contribution in [-0.4, -0.2) is 18.5 Å². The lowest BCUT2D eigenvalue weighted by Gasteiger charge is -2.11. The maximum absolute atomic E-state index is 11.6. The van der Waals surface area contributed by atoms with Crippen molar-refractivity contribution in [3.8, 4) is 0 Å². The van der Waals surface area contributed by atoms with Crippen molar-refractivity contribution in [2.45, 2.75) is 26.3 Å². The number of carbonyl (C=O) groups excluding carboxylic acids is 1. The minimum absolute atomic E-state index is 0.0756. The Bertz CT molecular complexity index is 355. The van der Waals surface area contributed by atoms with Gasteiger partial charge in [0.2, 0.25) is 5.91 Å². The Balaban J connectivity index is 2.43. The molecule has 1 amide bonds. The number of halogens is 1. The monoisotopic (exact) mass is 240 g/mol. The summed E-state index contributed by atoms with van der Waals surface area (Å²) in [6.07, 6.45) is 0.999. The van der Waals surface area contributed by atoms with Crippen molar-refractivity contribution < 1.29 is 4.79 Å². The number of hydrogen-bond donors (Lipinski definition) is 2. The number of benzene rings is 1. The molecule has 88 valence electrons. The Labute approximate surface area is 101 Å². The molecule has 0 saturated carbocycles. The lowest BCUT2D eigenvalue weighted by Crippen LogP contribution is -2.34. The average molecular weight is 241 g/mol. The lowest BCUT2D eigenvalue weighted by molar-refractivity contribution is -0.115. The van der Waals surface area contributed by atoms with Crippen molar-refractivity contribution in [3.63, 3.8) is 0 Å². The first-order chi connectivity index (χ1) is 7.63. The van der Waals surface area contributed by atoms with E-state index in [0.29, 0.717) is 23.3 Å². The van der Waals surface area contributed by atoms with Gasteiger partial charge in [-0.3, -0.25) is 4.79 Å². The summed E-state index contributed by atoms with van der Waals surface area (Å²) in [6, 6.07) is 7.54. The first kappa shape index (κ1) is 13.0. The predicted octanol–water partition coefficient (Wildman–Crippen LogP) is 2.67. The third-order valence-corrected chi connectivity index (χ3v) is 2.70. The van der Waals surface area contributed by atoms with Gasteiger partial charge in [0, 0.05) is 6.04 Å². The number of anilines is 1. The van der Waals surface area contributed by atoms with Gasteiger partial charge in [-0.25, -0.2) is 0 Å². The quantitative estimate of drug-likeness (QED) is 0.831. The first-order valence-electron chi connectivity index (χ1n) is 5.41. The van der Waals surface area contributed by atoms with E-state index in [0.717, 1.165) is 6.42 Å². The standard InChI is InChI=1S/C12H17ClN2O/c1-3-9(2)14-8-12(16)15-11-7-5-4-6-10(11)13/h4-7,9,14H,3,8H2,1-2H3,(H,15,16). The molecule has 1 aromatic rings. The van der Waals surface area contributed by atoms with Crippen molar-refractivity contribution in [2.75, 3.05) is 11.9 Å². The average Bonchev–Trinajstić information content (AvgIpc) is 2.29. The summed E-state index contributed by atoms with van der Waals surface area (Å²) in [6.45, 7) is 4.42. The molecule has 16 heavy (non-hydrogen) atoms. The highest BCUT2D eigenvalue weighted by Crippen LogP contribution is 2.19. The Hall–Kier alpha value is -1.06. The highest BCUT2D eigenvalue weighted by Gasteiger charge is 2.06. The number of hydrogen-bond acceptors (Lipinski definition) is 2. The summed E-state index contributed by atoms with van der Waals surface area (Å²) >= 11 is 5.92. The van der Waals surface area contributed by atoms with Gasteiger partial charge in [-0.05, 0) is 25.5 Å². The van der Waals surface area contributed by atoms with E-state index in [2.05, 4.69) is 17.6 Å². The Morgan fingerprint density at radius 3 is 2.75 bits per heavy atom. The van der Waals surface area contributed by atoms with Crippen LogP contribution in [0.25, 0.3) is 0 Å². The largest absolute Gasteiger partial charge is 0.324 e. The van der Waals surface area contributed by atoms with Crippen molar-refractivity contribution in [1.82, 2.24) is 5.32 Å². The molecule has 1 aromatic carbocycles. The maximum Gasteiger partial charge on any atom is 0.238 e. The lowest BCUT2D eigenvalue weighted by atomic mass is 10.2. The normalized spacial score (nSPS) is 12.2. The molecule has 4 heteroatoms. The maximum atomic E-state index is 11.6. The van der Waals surface area contributed by atoms with Gasteiger partial charge in [-0.2, -0.15) is 0 Å². The van der Waals surface area contributed by atoms with Crippen LogP contribution < -0.4 is 10.6 Å². The number of para-hydroxylation sites is 1. The molecule has 0 aliphatic rings. The van der Waals surface area contributed by atoms with E-state index in [-0.39, 0.29) is 5.91 Å². The van der Waals surface area contributed by atoms with Gasteiger partial charge in [0.1, 0.15) is 0 Å². The predicted molar refractivity (Wildman–Crippen MR) is 67.8 cm³/mol. The number of nitrogens with one attached hydrogen (secondary N) is 2. The van der Waals surface area contributed by atoms with E-state index in [9.17, 15) is 4.79 Å². The molecule has 0 bridgehead atoms. The molecule has 0 aliphatic heterocycles. The minimum atomic E-state index is -0.0756. The van der Waals surface area contributed by atoms with Crippen molar-refractivity contribution in [3.05, 3.63) is 29.3 Å². The van der Waals surface area contributed by atoms with Crippen LogP contribution in [0.15, 0.2) is 24.3 Å². The van der Waals surface area contributed by atoms with Crippen LogP contribution in [0, 0.1) is 0 Å². The zero-order chi connectivity index (χ0) is 12.0. The molecular formula is C12H17ClN2O. The fourth-order valence-electron chi connectivity index (χ4n) is 1.17. The fraction of sp³-hybridized carbons (Fsp3) is 0.417. The van der Waals surface area contributed by atoms with E-state index < -0.39 is 0 Å². The summed E-state index contributed by atoms with van der Waals surface area (Å²) in [7, 11) is 0. The zero-order valence-corrected chi connectivity index (χ0v) is 10.3. The second kappa shape index (κ2) is 6.51. The number of rotatable bonds is 5. The van der Waals surface area contributed by atoms with Gasteiger partial charge in [0.05, 0.1) is 17.3 Å². The van der Waals surface area contributed by atoms with Gasteiger partial charge >= 0.3 is 0 Å². The van der Waals surface area contributed by atoms with Gasteiger partial charge < -0.3 is 10.6 Å². The van der Waals surface area contributed by atoms with Crippen molar-refractivity contribution >= 4 is 23.2 Å². The van der Waals surface area contributed by atoms with Crippen LogP contribution in [0.3, 0.4) is 0 Å². The Morgan fingerprint density at radius 2 is 2.12 bits per heavy atom. The van der Waals surface area contributed by atoms with Crippen molar-refractivity contribution in [2.24, 2.45) is 0 Å². The number of amides is 1. The molecule has 0 aliphatic carbocycles. The smallest absolute Gasteiger partial charge is 0.238 e. The molecule has 3 nitrogen and oxygen atoms in total. The molecule has 0 heterocycles. The third kappa shape index (κ3) is 4.21. The highest BCUT2D eigenvalue weighted by atomic mass is 35.5. The molecule has 0 radical (unpaired) electrons. The van der Waals surface area contributed by atoms with Crippen LogP contribution in [-0.2, 0) is 4.79 Å². The summed E-state index contributed by atoms with van der Waals surface area (Å²) in [5.41, 5.74) is 0.653. The molecule has 1 unspecified atom stereocenters. The fourth-order valence-corrected chi connectivity index (χ4v) is 1.35. The van der Waals surface area contributed by atoms with E-state index >= 15 is 0 Å². The first-order valence-corrected chi connectivity index (χ1v) is 5.79. The van der Waals surface area contributed by atoms with Crippen LogP contribution >= 0.6 is 11.6 Å². The molecule has 0 spiro atoms. The Kier molecular flexibility index (Phi) is 5.29. The SMILES string of the molecule is CCC(C)NCC(=O)Nc1ccccc1Cl. The molecular weight excluding hydrogens is 224 g/mol. The van der Waals surface area contributed by atoms with Gasteiger partial charge in [0.25, 0.3) is 0 Å². The molecule has 1 rings (SSSR count). The molecule has 0 aromatic heterocycles. The third-order valence-electron chi connectivity index (χ3n) is 2.37. The second-order valence-corrected chi connectivity index (χ2v) is 4.13. The summed E-state index contributed by atoms with van der Waals surface area (Å²) < 4.78 is 0. The van der Waals surface area contributed by atoms with Crippen LogP contribution in [0.4, 0.5) is 5.69 Å². The van der Waals surface area contributed by atoms with E-state index in [4.69, 9.17) is 11.6 Å². The minimum Gasteiger partial charge on any atom is -0.324 e. The zero-order valence-electron chi connectivity index (χ0n) is 9.59. The Morgan fingerprint density at radius 1 is 1.44 bits per heavy atom. The molecule has 2 N–H and O–H groups in total. The van der Waals surface area contributed by atoms with Gasteiger partial charge in [0.15, 0.2) is 0 Å². The van der Waals surface area contributed by atoms with Crippen LogP contribution in [0.5, 0.6) is 0 Å². The van der Waals surface area contributed by atoms with Crippen molar-refractivity contribution in [1.29, 1.82) is 0 Å². The molecule has 0 fully saturated rings. The van der Waals surface area contributed by atoms with E-state index in [1.807, 2.05) is 19.1 Å². The molecule has 1 atom stereocenters. The summed E-state index contributed by atoms with van der Waals surface area (Å²) in [4.78, 5) is 11.6. The van der Waals surface area contributed by atoms with E-state index in [1.165, 1.54) is 0 Å². The topological polar surface area (TPSA) is 41.1 Å². The van der Waals surface area contributed by atoms with Crippen LogP contribution in [0.1, 0.15) is 20.3 Å². The number of carbonyl (C=O) groups is 1. The van der Waals surface area contributed by atoms with Gasteiger partial charge in [-0.1, -0.05) is 30.7 Å². The molecule has 0 saturated heterocycles. The highest BCUT2D eigenvalue weighted by molar-refractivity contribution is 6.33. The summed E-state index contributed by atoms with van der Waals surface area (Å²) in [5, 5.41) is 6.43. The van der Waals surface area contributed by atoms with Gasteiger partial charge in [-0.15, -0.1) is 0 Å². The van der Waals surface area contributed by atoms with E-state index in [1.54, 1.807) is 12.1 Å². The second-order valence-electron chi connectivity index (χ2n) is 3.72. The van der Waals surface area contributed by atoms with Crippen LogP contribution in [0.2, 0.25) is 5.02 Å². The summed E-state index contributed by atoms with van der Waals surface area (Å²) in [5.74, 6) is -0.0756.